The summed E-state index contributed by atoms with van der Waals surface area (Å²) in [6, 6.07) is -0.0197. The van der Waals surface area contributed by atoms with Crippen molar-refractivity contribution in [2.45, 2.75) is 19.4 Å². The number of esters is 1. The first-order valence-electron chi connectivity index (χ1n) is 5.01. The Hall–Kier alpha value is -1.27. The van der Waals surface area contributed by atoms with Crippen molar-refractivity contribution < 1.29 is 22.7 Å². The van der Waals surface area contributed by atoms with Gasteiger partial charge in [0.1, 0.15) is 5.82 Å². The highest BCUT2D eigenvalue weighted by Crippen LogP contribution is 2.21. The molecule has 1 aromatic carbocycles. The lowest BCUT2D eigenvalue weighted by atomic mass is 10.0. The van der Waals surface area contributed by atoms with Crippen LogP contribution in [0.5, 0.6) is 0 Å². The van der Waals surface area contributed by atoms with E-state index in [1.807, 2.05) is 0 Å². The number of halogens is 4. The standard InChI is InChI=1S/C11H12F3NO2.ClH/c1-2-17-11(16)5-10(15)6-3-8(13)9(14)4-7(6)12;/h3-4,10H,2,5,15H2,1H3;1H/t10-;/m1./s1. The molecule has 0 heterocycles. The van der Waals surface area contributed by atoms with Crippen LogP contribution in [0.4, 0.5) is 13.2 Å². The Balaban J connectivity index is 0.00000289. The van der Waals surface area contributed by atoms with Gasteiger partial charge in [-0.2, -0.15) is 0 Å². The lowest BCUT2D eigenvalue weighted by Crippen LogP contribution is -2.18. The second kappa shape index (κ2) is 7.23. The Bertz CT molecular complexity index is 429. The Morgan fingerprint density at radius 1 is 1.28 bits per heavy atom. The van der Waals surface area contributed by atoms with E-state index in [0.29, 0.717) is 12.1 Å². The molecule has 7 heteroatoms. The molecule has 0 spiro atoms. The molecule has 2 N–H and O–H groups in total. The van der Waals surface area contributed by atoms with Crippen LogP contribution in [-0.4, -0.2) is 12.6 Å². The van der Waals surface area contributed by atoms with E-state index in [9.17, 15) is 18.0 Å². The number of hydrogen-bond donors (Lipinski definition) is 1. The molecule has 0 aliphatic rings. The Morgan fingerprint density at radius 2 is 1.83 bits per heavy atom. The van der Waals surface area contributed by atoms with E-state index in [0.717, 1.165) is 0 Å². The average Bonchev–Trinajstić information content (AvgIpc) is 2.23. The van der Waals surface area contributed by atoms with Gasteiger partial charge in [0, 0.05) is 17.7 Å². The van der Waals surface area contributed by atoms with Gasteiger partial charge < -0.3 is 10.5 Å². The first-order chi connectivity index (χ1) is 7.95. The Morgan fingerprint density at radius 3 is 2.39 bits per heavy atom. The highest BCUT2D eigenvalue weighted by Gasteiger charge is 2.18. The van der Waals surface area contributed by atoms with E-state index in [4.69, 9.17) is 5.73 Å². The van der Waals surface area contributed by atoms with Gasteiger partial charge in [0.15, 0.2) is 11.6 Å². The number of carbonyl (C=O) groups excluding carboxylic acids is 1. The van der Waals surface area contributed by atoms with Gasteiger partial charge in [-0.25, -0.2) is 13.2 Å². The number of benzene rings is 1. The van der Waals surface area contributed by atoms with Gasteiger partial charge in [-0.15, -0.1) is 12.4 Å². The number of hydrogen-bond acceptors (Lipinski definition) is 3. The van der Waals surface area contributed by atoms with Crippen LogP contribution in [0.2, 0.25) is 0 Å². The molecule has 0 aliphatic carbocycles. The van der Waals surface area contributed by atoms with Crippen molar-refractivity contribution in [1.29, 1.82) is 0 Å². The molecule has 0 aromatic heterocycles. The second-order valence-electron chi connectivity index (χ2n) is 3.40. The minimum absolute atomic E-state index is 0. The molecule has 0 saturated heterocycles. The highest BCUT2D eigenvalue weighted by molar-refractivity contribution is 5.85. The maximum Gasteiger partial charge on any atom is 0.307 e. The molecule has 0 radical (unpaired) electrons. The van der Waals surface area contributed by atoms with Gasteiger partial charge >= 0.3 is 5.97 Å². The van der Waals surface area contributed by atoms with E-state index in [1.54, 1.807) is 6.92 Å². The molecular weight excluding hydrogens is 271 g/mol. The van der Waals surface area contributed by atoms with E-state index in [-0.39, 0.29) is 31.0 Å². The van der Waals surface area contributed by atoms with Crippen LogP contribution in [0.3, 0.4) is 0 Å². The third-order valence-electron chi connectivity index (χ3n) is 2.13. The lowest BCUT2D eigenvalue weighted by Gasteiger charge is -2.12. The van der Waals surface area contributed by atoms with Gasteiger partial charge in [-0.05, 0) is 13.0 Å². The molecule has 1 rings (SSSR count). The summed E-state index contributed by atoms with van der Waals surface area (Å²) >= 11 is 0. The summed E-state index contributed by atoms with van der Waals surface area (Å²) in [5.41, 5.74) is 5.26. The van der Waals surface area contributed by atoms with Crippen LogP contribution in [0.15, 0.2) is 12.1 Å². The summed E-state index contributed by atoms with van der Waals surface area (Å²) in [6.07, 6.45) is -0.296. The lowest BCUT2D eigenvalue weighted by molar-refractivity contribution is -0.143. The van der Waals surface area contributed by atoms with Crippen LogP contribution in [0.25, 0.3) is 0 Å². The molecule has 0 bridgehead atoms. The van der Waals surface area contributed by atoms with E-state index in [2.05, 4.69) is 4.74 Å². The summed E-state index contributed by atoms with van der Waals surface area (Å²) in [6.45, 7) is 1.79. The number of rotatable bonds is 4. The van der Waals surface area contributed by atoms with Gasteiger partial charge in [-0.3, -0.25) is 4.79 Å². The second-order valence-corrected chi connectivity index (χ2v) is 3.40. The predicted octanol–water partition coefficient (Wildman–Crippen LogP) is 2.48. The summed E-state index contributed by atoms with van der Waals surface area (Å²) in [5, 5.41) is 0. The molecule has 1 aromatic rings. The average molecular weight is 284 g/mol. The normalized spacial score (nSPS) is 11.6. The van der Waals surface area contributed by atoms with Gasteiger partial charge in [-0.1, -0.05) is 0 Å². The fourth-order valence-corrected chi connectivity index (χ4v) is 1.33. The first-order valence-corrected chi connectivity index (χ1v) is 5.01. The topological polar surface area (TPSA) is 52.3 Å². The molecule has 0 saturated carbocycles. The smallest absolute Gasteiger partial charge is 0.307 e. The zero-order valence-corrected chi connectivity index (χ0v) is 10.4. The molecule has 0 fully saturated rings. The fraction of sp³-hybridized carbons (Fsp3) is 0.364. The summed E-state index contributed by atoms with van der Waals surface area (Å²) in [7, 11) is 0. The van der Waals surface area contributed by atoms with Crippen LogP contribution in [0.1, 0.15) is 24.9 Å². The van der Waals surface area contributed by atoms with Crippen molar-refractivity contribution in [3.05, 3.63) is 35.1 Å². The minimum atomic E-state index is -1.30. The zero-order valence-electron chi connectivity index (χ0n) is 9.58. The van der Waals surface area contributed by atoms with E-state index < -0.39 is 29.5 Å². The SMILES string of the molecule is CCOC(=O)C[C@@H](N)c1cc(F)c(F)cc1F.Cl. The molecule has 0 unspecified atom stereocenters. The molecule has 0 amide bonds. The number of ether oxygens (including phenoxy) is 1. The van der Waals surface area contributed by atoms with Crippen LogP contribution >= 0.6 is 12.4 Å². The quantitative estimate of drug-likeness (QED) is 0.682. The van der Waals surface area contributed by atoms with Crippen molar-refractivity contribution in [1.82, 2.24) is 0 Å². The van der Waals surface area contributed by atoms with Crippen LogP contribution in [0, 0.1) is 17.5 Å². The van der Waals surface area contributed by atoms with E-state index >= 15 is 0 Å². The van der Waals surface area contributed by atoms with Crippen molar-refractivity contribution in [2.24, 2.45) is 5.73 Å². The van der Waals surface area contributed by atoms with Crippen LogP contribution in [-0.2, 0) is 9.53 Å². The maximum absolute atomic E-state index is 13.3. The molecule has 18 heavy (non-hydrogen) atoms. The van der Waals surface area contributed by atoms with Crippen molar-refractivity contribution >= 4 is 18.4 Å². The minimum Gasteiger partial charge on any atom is -0.466 e. The Labute approximate surface area is 109 Å². The van der Waals surface area contributed by atoms with Gasteiger partial charge in [0.25, 0.3) is 0 Å². The molecule has 1 atom stereocenters. The first kappa shape index (κ1) is 16.7. The van der Waals surface area contributed by atoms with Gasteiger partial charge in [0.2, 0.25) is 0 Å². The molecular formula is C11H13ClF3NO2. The van der Waals surface area contributed by atoms with Gasteiger partial charge in [0.05, 0.1) is 13.0 Å². The number of nitrogens with two attached hydrogens (primary N) is 1. The van der Waals surface area contributed by atoms with E-state index in [1.165, 1.54) is 0 Å². The van der Waals surface area contributed by atoms with Crippen molar-refractivity contribution in [2.75, 3.05) is 6.61 Å². The molecule has 0 aliphatic heterocycles. The number of carbonyl (C=O) groups is 1. The van der Waals surface area contributed by atoms with Crippen LogP contribution < -0.4 is 5.73 Å². The maximum atomic E-state index is 13.3. The highest BCUT2D eigenvalue weighted by atomic mass is 35.5. The molecule has 3 nitrogen and oxygen atoms in total. The summed E-state index contributed by atoms with van der Waals surface area (Å²) in [5.74, 6) is -4.11. The largest absolute Gasteiger partial charge is 0.466 e. The fourth-order valence-electron chi connectivity index (χ4n) is 1.33. The summed E-state index contributed by atoms with van der Waals surface area (Å²) < 4.78 is 43.4. The van der Waals surface area contributed by atoms with Crippen molar-refractivity contribution in [3.8, 4) is 0 Å². The van der Waals surface area contributed by atoms with Crippen molar-refractivity contribution in [3.63, 3.8) is 0 Å². The third-order valence-corrected chi connectivity index (χ3v) is 2.13. The summed E-state index contributed by atoms with van der Waals surface area (Å²) in [4.78, 5) is 11.1. The molecule has 102 valence electrons. The monoisotopic (exact) mass is 283 g/mol. The predicted molar refractivity (Wildman–Crippen MR) is 61.7 cm³/mol. The third kappa shape index (κ3) is 4.19. The Kier molecular flexibility index (Phi) is 6.72. The zero-order chi connectivity index (χ0) is 13.0.